The van der Waals surface area contributed by atoms with Crippen LogP contribution in [0.5, 0.6) is 0 Å². The molecular formula is C16H25N5O3. The number of hydrogen-bond donors (Lipinski definition) is 1. The number of hydrogen-bond acceptors (Lipinski definition) is 5. The van der Waals surface area contributed by atoms with Crippen LogP contribution in [0.4, 0.5) is 0 Å². The fraction of sp³-hybridized carbons (Fsp3) is 0.750. The Morgan fingerprint density at radius 3 is 2.62 bits per heavy atom. The Morgan fingerprint density at radius 1 is 1.33 bits per heavy atom. The Morgan fingerprint density at radius 2 is 2.08 bits per heavy atom. The molecule has 24 heavy (non-hydrogen) atoms. The van der Waals surface area contributed by atoms with Gasteiger partial charge in [0.2, 0.25) is 11.8 Å². The summed E-state index contributed by atoms with van der Waals surface area (Å²) in [6, 6.07) is 0. The van der Waals surface area contributed by atoms with Gasteiger partial charge in [0.1, 0.15) is 0 Å². The summed E-state index contributed by atoms with van der Waals surface area (Å²) in [6.45, 7) is 7.54. The topological polar surface area (TPSA) is 91.4 Å². The van der Waals surface area contributed by atoms with Crippen LogP contribution in [-0.4, -0.2) is 75.4 Å². The highest BCUT2D eigenvalue weighted by atomic mass is 16.5. The molecule has 3 rings (SSSR count). The minimum absolute atomic E-state index is 0.00789. The number of ether oxygens (including phenoxy) is 1. The summed E-state index contributed by atoms with van der Waals surface area (Å²) in [6.07, 6.45) is 1.86. The smallest absolute Gasteiger partial charge is 0.228 e. The molecular weight excluding hydrogens is 310 g/mol. The molecule has 3 heterocycles. The normalized spacial score (nSPS) is 28.0. The van der Waals surface area contributed by atoms with Gasteiger partial charge in [-0.15, -0.1) is 0 Å². The van der Waals surface area contributed by atoms with Gasteiger partial charge in [-0.3, -0.25) is 9.59 Å². The zero-order valence-electron chi connectivity index (χ0n) is 14.7. The number of methoxy groups -OCH3 is 1. The van der Waals surface area contributed by atoms with Crippen molar-refractivity contribution in [1.82, 2.24) is 25.2 Å². The Labute approximate surface area is 141 Å². The van der Waals surface area contributed by atoms with Crippen LogP contribution >= 0.6 is 0 Å². The van der Waals surface area contributed by atoms with Gasteiger partial charge in [0, 0.05) is 38.7 Å². The molecule has 2 aliphatic heterocycles. The van der Waals surface area contributed by atoms with Crippen molar-refractivity contribution in [1.29, 1.82) is 0 Å². The predicted molar refractivity (Wildman–Crippen MR) is 86.1 cm³/mol. The van der Waals surface area contributed by atoms with E-state index in [0.717, 1.165) is 5.69 Å². The summed E-state index contributed by atoms with van der Waals surface area (Å²) in [7, 11) is 1.64. The van der Waals surface area contributed by atoms with E-state index in [-0.39, 0.29) is 35.3 Å². The standard InChI is InChI=1S/C16H25N5O3/c1-16(2,3)21-7-10(5-14(21)22)15(23)20-8-11(13(9-20)24-4)12-6-17-19-18-12/h6,10-11,13H,5,7-9H2,1-4H3,(H,17,18,19)/t10?,11-,13+/m0/s1. The van der Waals surface area contributed by atoms with E-state index in [1.54, 1.807) is 23.1 Å². The summed E-state index contributed by atoms with van der Waals surface area (Å²) in [5.74, 6) is -0.182. The zero-order chi connectivity index (χ0) is 17.5. The largest absolute Gasteiger partial charge is 0.379 e. The number of likely N-dealkylation sites (tertiary alicyclic amines) is 2. The lowest BCUT2D eigenvalue weighted by Crippen LogP contribution is -2.43. The van der Waals surface area contributed by atoms with Gasteiger partial charge in [0.05, 0.1) is 29.8 Å². The third-order valence-electron chi connectivity index (χ3n) is 4.98. The van der Waals surface area contributed by atoms with Gasteiger partial charge in [-0.05, 0) is 20.8 Å². The summed E-state index contributed by atoms with van der Waals surface area (Å²) >= 11 is 0. The van der Waals surface area contributed by atoms with Crippen LogP contribution in [0.1, 0.15) is 38.8 Å². The molecule has 0 saturated carbocycles. The average Bonchev–Trinajstić information content (AvgIpc) is 3.23. The van der Waals surface area contributed by atoms with Crippen molar-refractivity contribution >= 4 is 11.8 Å². The lowest BCUT2D eigenvalue weighted by Gasteiger charge is -2.32. The predicted octanol–water partition coefficient (Wildman–Crippen LogP) is 0.393. The number of carbonyl (C=O) groups is 2. The number of amides is 2. The Bertz CT molecular complexity index is 610. The monoisotopic (exact) mass is 335 g/mol. The molecule has 1 N–H and O–H groups in total. The fourth-order valence-corrected chi connectivity index (χ4v) is 3.65. The van der Waals surface area contributed by atoms with E-state index in [4.69, 9.17) is 4.74 Å². The third-order valence-corrected chi connectivity index (χ3v) is 4.98. The van der Waals surface area contributed by atoms with Crippen LogP contribution in [0.15, 0.2) is 6.20 Å². The van der Waals surface area contributed by atoms with Crippen molar-refractivity contribution in [3.63, 3.8) is 0 Å². The van der Waals surface area contributed by atoms with Crippen LogP contribution in [-0.2, 0) is 14.3 Å². The second-order valence-corrected chi connectivity index (χ2v) is 7.59. The molecule has 3 atom stereocenters. The van der Waals surface area contributed by atoms with Crippen molar-refractivity contribution in [2.24, 2.45) is 5.92 Å². The van der Waals surface area contributed by atoms with Gasteiger partial charge in [-0.1, -0.05) is 0 Å². The van der Waals surface area contributed by atoms with Gasteiger partial charge in [0.25, 0.3) is 0 Å². The minimum Gasteiger partial charge on any atom is -0.379 e. The molecule has 2 aliphatic rings. The highest BCUT2D eigenvalue weighted by Gasteiger charge is 2.44. The second kappa shape index (κ2) is 6.16. The summed E-state index contributed by atoms with van der Waals surface area (Å²) in [5, 5.41) is 10.6. The summed E-state index contributed by atoms with van der Waals surface area (Å²) in [5.41, 5.74) is 0.547. The van der Waals surface area contributed by atoms with Crippen molar-refractivity contribution in [2.45, 2.75) is 44.8 Å². The first-order valence-electron chi connectivity index (χ1n) is 8.29. The lowest BCUT2D eigenvalue weighted by molar-refractivity contribution is -0.135. The molecule has 0 aliphatic carbocycles. The van der Waals surface area contributed by atoms with Crippen molar-refractivity contribution in [3.8, 4) is 0 Å². The van der Waals surface area contributed by atoms with Gasteiger partial charge in [-0.25, -0.2) is 0 Å². The molecule has 0 bridgehead atoms. The van der Waals surface area contributed by atoms with Crippen LogP contribution in [0, 0.1) is 5.92 Å². The molecule has 2 amide bonds. The molecule has 1 aromatic heterocycles. The highest BCUT2D eigenvalue weighted by Crippen LogP contribution is 2.32. The Balaban J connectivity index is 1.69. The van der Waals surface area contributed by atoms with Gasteiger partial charge < -0.3 is 14.5 Å². The Hall–Kier alpha value is -1.96. The van der Waals surface area contributed by atoms with Gasteiger partial charge in [-0.2, -0.15) is 15.4 Å². The van der Waals surface area contributed by atoms with Crippen LogP contribution in [0.3, 0.4) is 0 Å². The maximum atomic E-state index is 12.9. The molecule has 1 unspecified atom stereocenters. The molecule has 8 heteroatoms. The number of H-pyrrole nitrogens is 1. The zero-order valence-corrected chi connectivity index (χ0v) is 14.7. The second-order valence-electron chi connectivity index (χ2n) is 7.59. The molecule has 0 radical (unpaired) electrons. The highest BCUT2D eigenvalue weighted by molar-refractivity contribution is 5.89. The average molecular weight is 335 g/mol. The third kappa shape index (κ3) is 3.02. The van der Waals surface area contributed by atoms with E-state index in [9.17, 15) is 9.59 Å². The van der Waals surface area contributed by atoms with Crippen molar-refractivity contribution < 1.29 is 14.3 Å². The number of aromatic amines is 1. The van der Waals surface area contributed by atoms with E-state index >= 15 is 0 Å². The number of carbonyl (C=O) groups excluding carboxylic acids is 2. The number of nitrogens with one attached hydrogen (secondary N) is 1. The fourth-order valence-electron chi connectivity index (χ4n) is 3.65. The number of rotatable bonds is 3. The first-order chi connectivity index (χ1) is 11.3. The van der Waals surface area contributed by atoms with E-state index in [0.29, 0.717) is 26.1 Å². The van der Waals surface area contributed by atoms with Gasteiger partial charge in [0.15, 0.2) is 0 Å². The van der Waals surface area contributed by atoms with Crippen molar-refractivity contribution in [3.05, 3.63) is 11.9 Å². The summed E-state index contributed by atoms with van der Waals surface area (Å²) < 4.78 is 5.53. The number of aromatic nitrogens is 3. The molecule has 132 valence electrons. The van der Waals surface area contributed by atoms with Crippen LogP contribution in [0.2, 0.25) is 0 Å². The first kappa shape index (κ1) is 16.9. The first-order valence-corrected chi connectivity index (χ1v) is 8.29. The number of nitrogens with zero attached hydrogens (tertiary/aromatic N) is 4. The maximum Gasteiger partial charge on any atom is 0.228 e. The molecule has 1 aromatic rings. The van der Waals surface area contributed by atoms with E-state index in [2.05, 4.69) is 15.4 Å². The molecule has 2 saturated heterocycles. The molecule has 0 spiro atoms. The lowest BCUT2D eigenvalue weighted by atomic mass is 10.0. The quantitative estimate of drug-likeness (QED) is 0.863. The van der Waals surface area contributed by atoms with E-state index in [1.165, 1.54) is 0 Å². The Kier molecular flexibility index (Phi) is 4.33. The molecule has 2 fully saturated rings. The summed E-state index contributed by atoms with van der Waals surface area (Å²) in [4.78, 5) is 28.7. The van der Waals surface area contributed by atoms with E-state index in [1.807, 2.05) is 20.8 Å². The van der Waals surface area contributed by atoms with Crippen LogP contribution < -0.4 is 0 Å². The minimum atomic E-state index is -0.273. The molecule has 8 nitrogen and oxygen atoms in total. The van der Waals surface area contributed by atoms with Crippen LogP contribution in [0.25, 0.3) is 0 Å². The SMILES string of the molecule is CO[C@@H]1CN(C(=O)C2CC(=O)N(C(C)(C)C)C2)C[C@H]1c1cn[nH]n1. The maximum absolute atomic E-state index is 12.9. The molecule has 0 aromatic carbocycles. The van der Waals surface area contributed by atoms with E-state index < -0.39 is 0 Å². The van der Waals surface area contributed by atoms with Crippen molar-refractivity contribution in [2.75, 3.05) is 26.7 Å². The van der Waals surface area contributed by atoms with Gasteiger partial charge >= 0.3 is 0 Å².